The number of rotatable bonds is 3. The molecule has 3 rings (SSSR count). The van der Waals surface area contributed by atoms with Crippen LogP contribution in [0.2, 0.25) is 10.0 Å². The van der Waals surface area contributed by atoms with Gasteiger partial charge in [-0.2, -0.15) is 0 Å². The summed E-state index contributed by atoms with van der Waals surface area (Å²) in [5, 5.41) is 33.1. The van der Waals surface area contributed by atoms with Crippen LogP contribution in [-0.4, -0.2) is 57.6 Å². The minimum atomic E-state index is -1.19. The molecular weight excluding hydrogens is 351 g/mol. The lowest BCUT2D eigenvalue weighted by molar-refractivity contribution is -0.0798. The van der Waals surface area contributed by atoms with Crippen molar-refractivity contribution in [3.63, 3.8) is 0 Å². The molecule has 0 unspecified atom stereocenters. The number of nitrogens with one attached hydrogen (secondary N) is 1. The summed E-state index contributed by atoms with van der Waals surface area (Å²) < 4.78 is 5.70. The molecule has 6 nitrogen and oxygen atoms in total. The lowest BCUT2D eigenvalue weighted by Gasteiger charge is -2.27. The third-order valence-electron chi connectivity index (χ3n) is 3.82. The molecule has 4 N–H and O–H groups in total. The highest BCUT2D eigenvalue weighted by Gasteiger charge is 2.54. The number of hydrogen-bond acceptors (Lipinski definition) is 5. The zero-order valence-electron chi connectivity index (χ0n) is 11.2. The first-order valence-corrected chi connectivity index (χ1v) is 7.78. The molecule has 22 heavy (non-hydrogen) atoms. The Hall–Kier alpha value is -0.670. The molecule has 1 aromatic carbocycles. The number of nitrogens with zero attached hydrogens (tertiary/aromatic N) is 1. The van der Waals surface area contributed by atoms with Gasteiger partial charge < -0.3 is 25.4 Å². The summed E-state index contributed by atoms with van der Waals surface area (Å²) in [4.78, 5) is 1.58. The maximum atomic E-state index is 10.3. The standard InChI is InChI=1S/C13H14Cl2N2O4S/c14-5-2-1-3-6(15)9(5)17-12-8(16-13(17)22)10(20)11(21-12)7(19)4-18/h1-3,7-8,10-12,18-20H,4H2,(H,16,22)/t7-,8-,10-,11-,12+/m1/s1. The van der Waals surface area contributed by atoms with Crippen LogP contribution in [0, 0.1) is 0 Å². The highest BCUT2D eigenvalue weighted by atomic mass is 35.5. The Labute approximate surface area is 142 Å². The van der Waals surface area contributed by atoms with E-state index >= 15 is 0 Å². The fourth-order valence-electron chi connectivity index (χ4n) is 2.78. The Morgan fingerprint density at radius 3 is 2.59 bits per heavy atom. The van der Waals surface area contributed by atoms with Crippen LogP contribution in [0.5, 0.6) is 0 Å². The van der Waals surface area contributed by atoms with Crippen LogP contribution in [0.15, 0.2) is 18.2 Å². The molecule has 0 amide bonds. The SMILES string of the molecule is OC[C@@H](O)[C@H]1O[C@H]2[C@H](NC(=S)N2c2c(Cl)cccc2Cl)[C@H]1O. The number of hydrogen-bond donors (Lipinski definition) is 4. The molecule has 2 fully saturated rings. The summed E-state index contributed by atoms with van der Waals surface area (Å²) in [6.07, 6.45) is -3.83. The van der Waals surface area contributed by atoms with Crippen molar-refractivity contribution in [3.05, 3.63) is 28.2 Å². The molecule has 2 heterocycles. The minimum absolute atomic E-state index is 0.320. The molecule has 0 bridgehead atoms. The van der Waals surface area contributed by atoms with Crippen LogP contribution in [0.25, 0.3) is 0 Å². The summed E-state index contributed by atoms with van der Waals surface area (Å²) in [6.45, 7) is -0.515. The molecule has 0 aliphatic carbocycles. The molecule has 2 aliphatic rings. The van der Waals surface area contributed by atoms with Crippen LogP contribution < -0.4 is 10.2 Å². The molecule has 0 saturated carbocycles. The van der Waals surface area contributed by atoms with E-state index < -0.39 is 37.2 Å². The summed E-state index contributed by atoms with van der Waals surface area (Å²) in [5.41, 5.74) is 0.474. The van der Waals surface area contributed by atoms with Gasteiger partial charge in [-0.25, -0.2) is 0 Å². The predicted octanol–water partition coefficient (Wildman–Crippen LogP) is 0.495. The number of ether oxygens (including phenoxy) is 1. The van der Waals surface area contributed by atoms with Crippen molar-refractivity contribution in [3.8, 4) is 0 Å². The maximum Gasteiger partial charge on any atom is 0.176 e. The van der Waals surface area contributed by atoms with Gasteiger partial charge in [0.2, 0.25) is 0 Å². The Kier molecular flexibility index (Phi) is 4.48. The molecule has 0 spiro atoms. The van der Waals surface area contributed by atoms with Gasteiger partial charge in [0.05, 0.1) is 22.3 Å². The molecular formula is C13H14Cl2N2O4S. The normalized spacial score (nSPS) is 32.0. The van der Waals surface area contributed by atoms with E-state index in [1.54, 1.807) is 23.1 Å². The van der Waals surface area contributed by atoms with E-state index in [9.17, 15) is 10.2 Å². The van der Waals surface area contributed by atoms with Crippen molar-refractivity contribution in [1.82, 2.24) is 5.32 Å². The van der Waals surface area contributed by atoms with Gasteiger partial charge in [-0.05, 0) is 24.4 Å². The van der Waals surface area contributed by atoms with Crippen molar-refractivity contribution < 1.29 is 20.1 Å². The quantitative estimate of drug-likeness (QED) is 0.581. The second kappa shape index (κ2) is 6.09. The van der Waals surface area contributed by atoms with Crippen molar-refractivity contribution in [2.24, 2.45) is 0 Å². The van der Waals surface area contributed by atoms with Gasteiger partial charge in [0, 0.05) is 0 Å². The summed E-state index contributed by atoms with van der Waals surface area (Å²) in [6, 6.07) is 4.50. The van der Waals surface area contributed by atoms with Gasteiger partial charge in [-0.3, -0.25) is 4.90 Å². The van der Waals surface area contributed by atoms with Gasteiger partial charge in [-0.15, -0.1) is 0 Å². The average Bonchev–Trinajstić information content (AvgIpc) is 2.96. The van der Waals surface area contributed by atoms with Crippen molar-refractivity contribution in [1.29, 1.82) is 0 Å². The topological polar surface area (TPSA) is 85.2 Å². The first-order chi connectivity index (χ1) is 10.5. The van der Waals surface area contributed by atoms with E-state index in [0.29, 0.717) is 20.8 Å². The van der Waals surface area contributed by atoms with Gasteiger partial charge >= 0.3 is 0 Å². The van der Waals surface area contributed by atoms with E-state index in [-0.39, 0.29) is 0 Å². The zero-order chi connectivity index (χ0) is 16.0. The first kappa shape index (κ1) is 16.2. The average molecular weight is 365 g/mol. The lowest BCUT2D eigenvalue weighted by atomic mass is 10.0. The second-order valence-corrected chi connectivity index (χ2v) is 6.35. The van der Waals surface area contributed by atoms with Crippen LogP contribution in [-0.2, 0) is 4.74 Å². The molecule has 9 heteroatoms. The smallest absolute Gasteiger partial charge is 0.176 e. The highest BCUT2D eigenvalue weighted by molar-refractivity contribution is 7.80. The van der Waals surface area contributed by atoms with Crippen LogP contribution in [0.3, 0.4) is 0 Å². The van der Waals surface area contributed by atoms with E-state index in [1.807, 2.05) is 0 Å². The molecule has 2 aliphatic heterocycles. The highest BCUT2D eigenvalue weighted by Crippen LogP contribution is 2.40. The van der Waals surface area contributed by atoms with Gasteiger partial charge in [0.1, 0.15) is 24.4 Å². The first-order valence-electron chi connectivity index (χ1n) is 6.62. The number of aliphatic hydroxyl groups excluding tert-OH is 3. The predicted molar refractivity (Wildman–Crippen MR) is 86.2 cm³/mol. The summed E-state index contributed by atoms with van der Waals surface area (Å²) in [7, 11) is 0. The monoisotopic (exact) mass is 364 g/mol. The number of aliphatic hydroxyl groups is 3. The Bertz CT molecular complexity index is 585. The number of halogens is 2. The van der Waals surface area contributed by atoms with Crippen LogP contribution >= 0.6 is 35.4 Å². The van der Waals surface area contributed by atoms with Gasteiger partial charge in [0.25, 0.3) is 0 Å². The Morgan fingerprint density at radius 1 is 1.36 bits per heavy atom. The molecule has 120 valence electrons. The summed E-state index contributed by atoms with van der Waals surface area (Å²) in [5.74, 6) is 0. The zero-order valence-corrected chi connectivity index (χ0v) is 13.5. The van der Waals surface area contributed by atoms with E-state index in [0.717, 1.165) is 0 Å². The third kappa shape index (κ3) is 2.46. The molecule has 0 radical (unpaired) electrons. The lowest BCUT2D eigenvalue weighted by Crippen LogP contribution is -2.45. The third-order valence-corrected chi connectivity index (χ3v) is 4.74. The van der Waals surface area contributed by atoms with Gasteiger partial charge in [-0.1, -0.05) is 29.3 Å². The molecule has 0 aromatic heterocycles. The summed E-state index contributed by atoms with van der Waals surface area (Å²) >= 11 is 17.7. The van der Waals surface area contributed by atoms with E-state index in [1.165, 1.54) is 0 Å². The maximum absolute atomic E-state index is 10.3. The van der Waals surface area contributed by atoms with Gasteiger partial charge in [0.15, 0.2) is 11.3 Å². The number of fused-ring (bicyclic) bond motifs is 1. The largest absolute Gasteiger partial charge is 0.394 e. The van der Waals surface area contributed by atoms with Crippen molar-refractivity contribution in [2.75, 3.05) is 11.5 Å². The Morgan fingerprint density at radius 2 is 2.00 bits per heavy atom. The number of benzene rings is 1. The number of thiocarbonyl (C=S) groups is 1. The fraction of sp³-hybridized carbons (Fsp3) is 0.462. The Balaban J connectivity index is 1.95. The van der Waals surface area contributed by atoms with E-state index in [4.69, 9.17) is 45.3 Å². The fourth-order valence-corrected chi connectivity index (χ4v) is 3.69. The minimum Gasteiger partial charge on any atom is -0.394 e. The molecule has 1 aromatic rings. The molecule has 5 atom stereocenters. The van der Waals surface area contributed by atoms with Crippen molar-refractivity contribution >= 4 is 46.2 Å². The van der Waals surface area contributed by atoms with Crippen molar-refractivity contribution in [2.45, 2.75) is 30.6 Å². The number of para-hydroxylation sites is 1. The second-order valence-electron chi connectivity index (χ2n) is 5.15. The molecule has 2 saturated heterocycles. The van der Waals surface area contributed by atoms with E-state index in [2.05, 4.69) is 5.32 Å². The van der Waals surface area contributed by atoms with Crippen LogP contribution in [0.1, 0.15) is 0 Å². The number of anilines is 1. The van der Waals surface area contributed by atoms with Crippen LogP contribution in [0.4, 0.5) is 5.69 Å².